The zero-order valence-corrected chi connectivity index (χ0v) is 16.4. The van der Waals surface area contributed by atoms with Gasteiger partial charge in [-0.25, -0.2) is 5.43 Å². The number of hydrogen-bond acceptors (Lipinski definition) is 4. The Hall–Kier alpha value is -3.45. The van der Waals surface area contributed by atoms with Gasteiger partial charge in [0, 0.05) is 34.3 Å². The van der Waals surface area contributed by atoms with Crippen molar-refractivity contribution >= 4 is 34.6 Å². The van der Waals surface area contributed by atoms with Crippen LogP contribution >= 0.6 is 0 Å². The van der Waals surface area contributed by atoms with Crippen molar-refractivity contribution in [1.29, 1.82) is 0 Å². The second-order valence-corrected chi connectivity index (χ2v) is 7.81. The number of amides is 2. The Kier molecular flexibility index (Phi) is 4.80. The number of aromatic amines is 1. The smallest absolute Gasteiger partial charge is 0.272 e. The fraction of sp³-hybridized carbons (Fsp3) is 0.261. The number of benzene rings is 2. The molecule has 0 bridgehead atoms. The van der Waals surface area contributed by atoms with Crippen LogP contribution in [-0.4, -0.2) is 29.1 Å². The lowest BCUT2D eigenvalue weighted by Gasteiger charge is -2.14. The number of rotatable bonds is 5. The molecule has 3 N–H and O–H groups in total. The molecule has 3 aromatic rings. The van der Waals surface area contributed by atoms with Gasteiger partial charge in [0.05, 0.1) is 24.5 Å². The van der Waals surface area contributed by atoms with Gasteiger partial charge < -0.3 is 15.0 Å². The fourth-order valence-corrected chi connectivity index (χ4v) is 4.23. The molecular formula is C23H22N4O3. The Morgan fingerprint density at radius 3 is 2.93 bits per heavy atom. The van der Waals surface area contributed by atoms with Gasteiger partial charge in [-0.2, -0.15) is 5.10 Å². The van der Waals surface area contributed by atoms with Crippen molar-refractivity contribution in [2.75, 3.05) is 5.32 Å². The van der Waals surface area contributed by atoms with Gasteiger partial charge in [-0.05, 0) is 37.0 Å². The molecule has 2 atom stereocenters. The summed E-state index contributed by atoms with van der Waals surface area (Å²) in [6.07, 6.45) is 5.86. The zero-order chi connectivity index (χ0) is 20.5. The minimum Gasteiger partial charge on any atom is -0.374 e. The Morgan fingerprint density at radius 2 is 2.07 bits per heavy atom. The maximum atomic E-state index is 12.8. The summed E-state index contributed by atoms with van der Waals surface area (Å²) in [6, 6.07) is 13.6. The molecule has 1 aliphatic heterocycles. The average molecular weight is 402 g/mol. The number of carbonyl (C=O) groups is 2. The number of carbonyl (C=O) groups excluding carboxylic acids is 2. The number of hydrazone groups is 1. The third-order valence-corrected chi connectivity index (χ3v) is 5.78. The number of nitrogens with zero attached hydrogens (tertiary/aromatic N) is 1. The molecule has 7 nitrogen and oxygen atoms in total. The number of nitrogens with one attached hydrogen (secondary N) is 3. The Bertz CT molecular complexity index is 1140. The summed E-state index contributed by atoms with van der Waals surface area (Å²) >= 11 is 0. The van der Waals surface area contributed by atoms with E-state index >= 15 is 0 Å². The number of ether oxygens (including phenoxy) is 1. The van der Waals surface area contributed by atoms with Crippen molar-refractivity contribution in [3.63, 3.8) is 0 Å². The minimum atomic E-state index is -0.291. The molecule has 2 heterocycles. The Balaban J connectivity index is 1.25. The monoisotopic (exact) mass is 402 g/mol. The standard InChI is InChI=1S/C23H22N4O3/c28-22(15-6-7-18(8-15)30-13-14-4-2-1-3-5-14)26-17-9-19-21-16(11-24-20(21)10-17)12-25-27-23(19)29/h1-5,9-12,15,18,24H,6-8,13H2,(H,26,28)(H,27,29)/t15-,18-/m0/s1. The highest BCUT2D eigenvalue weighted by molar-refractivity contribution is 6.15. The molecule has 1 aliphatic carbocycles. The summed E-state index contributed by atoms with van der Waals surface area (Å²) < 4.78 is 6.00. The topological polar surface area (TPSA) is 95.6 Å². The molecule has 0 saturated heterocycles. The molecule has 30 heavy (non-hydrogen) atoms. The van der Waals surface area contributed by atoms with Crippen LogP contribution in [0.2, 0.25) is 0 Å². The van der Waals surface area contributed by atoms with Crippen LogP contribution in [0, 0.1) is 5.92 Å². The molecule has 2 aliphatic rings. The first kappa shape index (κ1) is 18.6. The van der Waals surface area contributed by atoms with Gasteiger partial charge in [0.2, 0.25) is 5.91 Å². The molecule has 0 unspecified atom stereocenters. The van der Waals surface area contributed by atoms with Gasteiger partial charge in [-0.1, -0.05) is 30.3 Å². The highest BCUT2D eigenvalue weighted by Crippen LogP contribution is 2.31. The van der Waals surface area contributed by atoms with Gasteiger partial charge in [0.15, 0.2) is 0 Å². The lowest BCUT2D eigenvalue weighted by atomic mass is 10.0. The van der Waals surface area contributed by atoms with Gasteiger partial charge >= 0.3 is 0 Å². The van der Waals surface area contributed by atoms with Crippen LogP contribution in [0.5, 0.6) is 0 Å². The summed E-state index contributed by atoms with van der Waals surface area (Å²) in [6.45, 7) is 0.562. The molecule has 7 heteroatoms. The van der Waals surface area contributed by atoms with Gasteiger partial charge in [-0.15, -0.1) is 0 Å². The van der Waals surface area contributed by atoms with E-state index in [1.54, 1.807) is 18.5 Å². The van der Waals surface area contributed by atoms with Crippen LogP contribution < -0.4 is 10.7 Å². The first-order valence-electron chi connectivity index (χ1n) is 10.1. The first-order valence-corrected chi connectivity index (χ1v) is 10.1. The Morgan fingerprint density at radius 1 is 1.20 bits per heavy atom. The van der Waals surface area contributed by atoms with Crippen molar-refractivity contribution in [1.82, 2.24) is 10.4 Å². The van der Waals surface area contributed by atoms with Crippen molar-refractivity contribution in [2.45, 2.75) is 32.0 Å². The normalized spacial score (nSPS) is 20.2. The molecule has 5 rings (SSSR count). The maximum Gasteiger partial charge on any atom is 0.272 e. The van der Waals surface area contributed by atoms with E-state index in [2.05, 4.69) is 20.8 Å². The lowest BCUT2D eigenvalue weighted by Crippen LogP contribution is -2.22. The van der Waals surface area contributed by atoms with E-state index in [4.69, 9.17) is 4.74 Å². The quantitative estimate of drug-likeness (QED) is 0.609. The van der Waals surface area contributed by atoms with Crippen LogP contribution in [0.3, 0.4) is 0 Å². The molecule has 1 saturated carbocycles. The number of anilines is 1. The second-order valence-electron chi connectivity index (χ2n) is 7.81. The van der Waals surface area contributed by atoms with Crippen LogP contribution in [0.25, 0.3) is 10.9 Å². The maximum absolute atomic E-state index is 12.8. The molecule has 152 valence electrons. The zero-order valence-electron chi connectivity index (χ0n) is 16.4. The second kappa shape index (κ2) is 7.76. The third-order valence-electron chi connectivity index (χ3n) is 5.78. The number of H-pyrrole nitrogens is 1. The highest BCUT2D eigenvalue weighted by atomic mass is 16.5. The van der Waals surface area contributed by atoms with Crippen molar-refractivity contribution in [2.24, 2.45) is 11.0 Å². The predicted octanol–water partition coefficient (Wildman–Crippen LogP) is 3.57. The van der Waals surface area contributed by atoms with E-state index in [-0.39, 0.29) is 23.8 Å². The van der Waals surface area contributed by atoms with E-state index in [1.807, 2.05) is 36.4 Å². The van der Waals surface area contributed by atoms with E-state index in [0.29, 0.717) is 24.3 Å². The first-order chi connectivity index (χ1) is 14.7. The van der Waals surface area contributed by atoms with E-state index in [9.17, 15) is 9.59 Å². The van der Waals surface area contributed by atoms with E-state index in [1.165, 1.54) is 0 Å². The van der Waals surface area contributed by atoms with Gasteiger partial charge in [0.1, 0.15) is 0 Å². The lowest BCUT2D eigenvalue weighted by molar-refractivity contribution is -0.120. The molecule has 2 amide bonds. The van der Waals surface area contributed by atoms with Crippen LogP contribution in [0.1, 0.15) is 40.7 Å². The molecule has 0 radical (unpaired) electrons. The van der Waals surface area contributed by atoms with Crippen LogP contribution in [0.4, 0.5) is 5.69 Å². The molecular weight excluding hydrogens is 380 g/mol. The van der Waals surface area contributed by atoms with Crippen molar-refractivity contribution in [3.05, 3.63) is 65.4 Å². The molecule has 2 aromatic carbocycles. The number of aromatic nitrogens is 1. The van der Waals surface area contributed by atoms with E-state index < -0.39 is 0 Å². The van der Waals surface area contributed by atoms with Gasteiger partial charge in [-0.3, -0.25) is 9.59 Å². The predicted molar refractivity (Wildman–Crippen MR) is 114 cm³/mol. The van der Waals surface area contributed by atoms with Crippen molar-refractivity contribution in [3.8, 4) is 0 Å². The minimum absolute atomic E-state index is 0.0376. The molecule has 0 spiro atoms. The fourth-order valence-electron chi connectivity index (χ4n) is 4.23. The van der Waals surface area contributed by atoms with E-state index in [0.717, 1.165) is 34.9 Å². The molecule has 1 aromatic heterocycles. The number of hydrogen-bond donors (Lipinski definition) is 3. The molecule has 1 fully saturated rings. The summed E-state index contributed by atoms with van der Waals surface area (Å²) in [5, 5.41) is 7.71. The Labute approximate surface area is 173 Å². The summed E-state index contributed by atoms with van der Waals surface area (Å²) in [5.41, 5.74) is 6.35. The highest BCUT2D eigenvalue weighted by Gasteiger charge is 2.31. The third kappa shape index (κ3) is 3.59. The summed E-state index contributed by atoms with van der Waals surface area (Å²) in [5.74, 6) is -0.428. The average Bonchev–Trinajstić information content (AvgIpc) is 3.36. The summed E-state index contributed by atoms with van der Waals surface area (Å²) in [7, 11) is 0. The van der Waals surface area contributed by atoms with Crippen LogP contribution in [-0.2, 0) is 16.1 Å². The summed E-state index contributed by atoms with van der Waals surface area (Å²) in [4.78, 5) is 28.3. The van der Waals surface area contributed by atoms with Gasteiger partial charge in [0.25, 0.3) is 5.91 Å². The van der Waals surface area contributed by atoms with Crippen molar-refractivity contribution < 1.29 is 14.3 Å². The largest absolute Gasteiger partial charge is 0.374 e. The SMILES string of the molecule is O=C1NN=Cc2c[nH]c3cc(NC(=O)[C@H]4CC[C@H](OCc5ccccc5)C4)cc1c23. The van der Waals surface area contributed by atoms with Crippen LogP contribution in [0.15, 0.2) is 53.8 Å².